The predicted molar refractivity (Wildman–Crippen MR) is 50.2 cm³/mol. The second-order valence-corrected chi connectivity index (χ2v) is 2.84. The molecule has 0 aliphatic carbocycles. The van der Waals surface area contributed by atoms with Crippen molar-refractivity contribution in [1.29, 1.82) is 0 Å². The number of carbonyl (C=O) groups excluding carboxylic acids is 1. The summed E-state index contributed by atoms with van der Waals surface area (Å²) in [5.74, 6) is -0.0751. The highest BCUT2D eigenvalue weighted by atomic mass is 16.1. The molecule has 2 aromatic heterocycles. The van der Waals surface area contributed by atoms with E-state index in [1.807, 2.05) is 6.07 Å². The zero-order valence-electron chi connectivity index (χ0n) is 7.74. The van der Waals surface area contributed by atoms with Crippen molar-refractivity contribution in [2.24, 2.45) is 5.73 Å². The molecule has 2 rings (SSSR count). The van der Waals surface area contributed by atoms with Gasteiger partial charge in [0.05, 0.1) is 0 Å². The van der Waals surface area contributed by atoms with Crippen LogP contribution in [0, 0.1) is 0 Å². The molecule has 2 N–H and O–H groups in total. The smallest absolute Gasteiger partial charge is 0.239 e. The van der Waals surface area contributed by atoms with Crippen LogP contribution < -0.4 is 5.73 Å². The zero-order valence-corrected chi connectivity index (χ0v) is 7.74. The van der Waals surface area contributed by atoms with Gasteiger partial charge in [-0.15, -0.1) is 5.10 Å². The number of nitrogens with zero attached hydrogens (tertiary/aromatic N) is 5. The van der Waals surface area contributed by atoms with Crippen LogP contribution in [0.4, 0.5) is 0 Å². The van der Waals surface area contributed by atoms with Gasteiger partial charge in [0, 0.05) is 6.20 Å². The van der Waals surface area contributed by atoms with Gasteiger partial charge >= 0.3 is 0 Å². The minimum atomic E-state index is -0.500. The normalized spacial score (nSPS) is 10.1. The Balaban J connectivity index is 2.37. The van der Waals surface area contributed by atoms with Crippen LogP contribution >= 0.6 is 0 Å². The van der Waals surface area contributed by atoms with Crippen LogP contribution in [0.1, 0.15) is 0 Å². The fourth-order valence-electron chi connectivity index (χ4n) is 1.14. The Bertz CT molecular complexity index is 465. The van der Waals surface area contributed by atoms with E-state index in [1.54, 1.807) is 18.3 Å². The van der Waals surface area contributed by atoms with Gasteiger partial charge in [-0.2, -0.15) is 0 Å². The molecule has 2 heterocycles. The monoisotopic (exact) mass is 204 g/mol. The van der Waals surface area contributed by atoms with E-state index >= 15 is 0 Å². The summed E-state index contributed by atoms with van der Waals surface area (Å²) in [6.45, 7) is -0.0566. The Morgan fingerprint density at radius 2 is 2.33 bits per heavy atom. The molecule has 0 aliphatic rings. The van der Waals surface area contributed by atoms with E-state index in [1.165, 1.54) is 4.68 Å². The summed E-state index contributed by atoms with van der Waals surface area (Å²) in [7, 11) is 0. The van der Waals surface area contributed by atoms with Crippen LogP contribution in [0.2, 0.25) is 0 Å². The van der Waals surface area contributed by atoms with Gasteiger partial charge in [0.1, 0.15) is 12.2 Å². The van der Waals surface area contributed by atoms with Crippen LogP contribution in [0.25, 0.3) is 11.5 Å². The SMILES string of the molecule is NC(=O)Cn1nnnc1-c1ccccn1. The molecule has 0 unspecified atom stereocenters. The number of carbonyl (C=O) groups is 1. The van der Waals surface area contributed by atoms with Gasteiger partial charge in [-0.05, 0) is 22.6 Å². The van der Waals surface area contributed by atoms with Crippen LogP contribution in [0.3, 0.4) is 0 Å². The molecule has 0 aromatic carbocycles. The van der Waals surface area contributed by atoms with Crippen molar-refractivity contribution >= 4 is 5.91 Å². The second kappa shape index (κ2) is 3.82. The summed E-state index contributed by atoms with van der Waals surface area (Å²) >= 11 is 0. The summed E-state index contributed by atoms with van der Waals surface area (Å²) in [4.78, 5) is 14.8. The maximum atomic E-state index is 10.7. The molecule has 7 heteroatoms. The largest absolute Gasteiger partial charge is 0.368 e. The first-order chi connectivity index (χ1) is 7.27. The summed E-state index contributed by atoms with van der Waals surface area (Å²) in [6, 6.07) is 5.35. The maximum Gasteiger partial charge on any atom is 0.239 e. The molecular weight excluding hydrogens is 196 g/mol. The van der Waals surface area contributed by atoms with Crippen LogP contribution in [0.5, 0.6) is 0 Å². The molecule has 2 aromatic rings. The molecule has 0 saturated heterocycles. The molecular formula is C8H8N6O. The summed E-state index contributed by atoms with van der Waals surface area (Å²) in [5, 5.41) is 10.9. The fourth-order valence-corrected chi connectivity index (χ4v) is 1.14. The number of pyridine rings is 1. The van der Waals surface area contributed by atoms with Crippen molar-refractivity contribution < 1.29 is 4.79 Å². The molecule has 76 valence electrons. The second-order valence-electron chi connectivity index (χ2n) is 2.84. The zero-order chi connectivity index (χ0) is 10.7. The fraction of sp³-hybridized carbons (Fsp3) is 0.125. The van der Waals surface area contributed by atoms with E-state index in [0.717, 1.165) is 0 Å². The van der Waals surface area contributed by atoms with Gasteiger partial charge in [0.25, 0.3) is 0 Å². The van der Waals surface area contributed by atoms with E-state index < -0.39 is 5.91 Å². The molecule has 0 spiro atoms. The van der Waals surface area contributed by atoms with E-state index in [4.69, 9.17) is 5.73 Å². The maximum absolute atomic E-state index is 10.7. The Morgan fingerprint density at radius 1 is 1.47 bits per heavy atom. The van der Waals surface area contributed by atoms with E-state index in [2.05, 4.69) is 20.5 Å². The van der Waals surface area contributed by atoms with Crippen LogP contribution in [0.15, 0.2) is 24.4 Å². The highest BCUT2D eigenvalue weighted by Gasteiger charge is 2.10. The number of hydrogen-bond donors (Lipinski definition) is 1. The molecule has 0 saturated carbocycles. The lowest BCUT2D eigenvalue weighted by Gasteiger charge is -2.00. The van der Waals surface area contributed by atoms with Gasteiger partial charge in [-0.1, -0.05) is 6.07 Å². The first kappa shape index (κ1) is 9.25. The van der Waals surface area contributed by atoms with Crippen molar-refractivity contribution in [3.8, 4) is 11.5 Å². The number of nitrogens with two attached hydrogens (primary N) is 1. The quantitative estimate of drug-likeness (QED) is 0.706. The first-order valence-corrected chi connectivity index (χ1v) is 4.23. The molecule has 1 amide bonds. The van der Waals surface area contributed by atoms with E-state index in [9.17, 15) is 4.79 Å². The number of hydrogen-bond acceptors (Lipinski definition) is 5. The predicted octanol–water partition coefficient (Wildman–Crippen LogP) is -0.780. The Hall–Kier alpha value is -2.31. The van der Waals surface area contributed by atoms with E-state index in [-0.39, 0.29) is 6.54 Å². The van der Waals surface area contributed by atoms with Gasteiger partial charge in [0.15, 0.2) is 0 Å². The van der Waals surface area contributed by atoms with Crippen LogP contribution in [-0.2, 0) is 11.3 Å². The lowest BCUT2D eigenvalue weighted by atomic mass is 10.3. The molecule has 0 fully saturated rings. The molecule has 15 heavy (non-hydrogen) atoms. The van der Waals surface area contributed by atoms with Crippen molar-refractivity contribution in [2.75, 3.05) is 0 Å². The van der Waals surface area contributed by atoms with Gasteiger partial charge in [0.2, 0.25) is 11.7 Å². The van der Waals surface area contributed by atoms with Gasteiger partial charge in [-0.3, -0.25) is 9.78 Å². The number of tetrazole rings is 1. The molecule has 0 aliphatic heterocycles. The number of primary amides is 1. The molecule has 0 bridgehead atoms. The minimum Gasteiger partial charge on any atom is -0.368 e. The van der Waals surface area contributed by atoms with Gasteiger partial charge in [-0.25, -0.2) is 4.68 Å². The average molecular weight is 204 g/mol. The topological polar surface area (TPSA) is 99.6 Å². The number of aromatic nitrogens is 5. The Kier molecular flexibility index (Phi) is 2.36. The standard InChI is InChI=1S/C8H8N6O/c9-7(15)5-14-8(11-12-13-14)6-3-1-2-4-10-6/h1-4H,5H2,(H2,9,15). The lowest BCUT2D eigenvalue weighted by Crippen LogP contribution is -2.20. The van der Waals surface area contributed by atoms with Crippen molar-refractivity contribution in [2.45, 2.75) is 6.54 Å². The average Bonchev–Trinajstić information content (AvgIpc) is 2.66. The van der Waals surface area contributed by atoms with Gasteiger partial charge < -0.3 is 5.73 Å². The molecule has 0 atom stereocenters. The van der Waals surface area contributed by atoms with Crippen molar-refractivity contribution in [3.63, 3.8) is 0 Å². The first-order valence-electron chi connectivity index (χ1n) is 4.23. The van der Waals surface area contributed by atoms with Crippen LogP contribution in [-0.4, -0.2) is 31.1 Å². The van der Waals surface area contributed by atoms with E-state index in [0.29, 0.717) is 11.5 Å². The molecule has 0 radical (unpaired) electrons. The third kappa shape index (κ3) is 1.96. The lowest BCUT2D eigenvalue weighted by molar-refractivity contribution is -0.118. The number of amides is 1. The Labute approximate surface area is 84.9 Å². The molecule has 7 nitrogen and oxygen atoms in total. The highest BCUT2D eigenvalue weighted by molar-refractivity contribution is 5.74. The van der Waals surface area contributed by atoms with Crippen molar-refractivity contribution in [3.05, 3.63) is 24.4 Å². The summed E-state index contributed by atoms with van der Waals surface area (Å²) < 4.78 is 1.31. The third-order valence-electron chi connectivity index (χ3n) is 1.73. The van der Waals surface area contributed by atoms with Crippen molar-refractivity contribution in [1.82, 2.24) is 25.2 Å². The summed E-state index contributed by atoms with van der Waals surface area (Å²) in [5.41, 5.74) is 5.66. The highest BCUT2D eigenvalue weighted by Crippen LogP contribution is 2.10. The number of rotatable bonds is 3. The Morgan fingerprint density at radius 3 is 3.00 bits per heavy atom. The summed E-state index contributed by atoms with van der Waals surface area (Å²) in [6.07, 6.45) is 1.62. The minimum absolute atomic E-state index is 0.0566. The third-order valence-corrected chi connectivity index (χ3v) is 1.73.